The molecule has 3 nitrogen and oxygen atoms in total. The van der Waals surface area contributed by atoms with Gasteiger partial charge in [-0.1, -0.05) is 6.07 Å². The van der Waals surface area contributed by atoms with Gasteiger partial charge in [-0.05, 0) is 39.6 Å². The summed E-state index contributed by atoms with van der Waals surface area (Å²) in [7, 11) is 0. The monoisotopic (exact) mass is 261 g/mol. The average molecular weight is 261 g/mol. The number of nitrogens with two attached hydrogens (primary N) is 1. The van der Waals surface area contributed by atoms with Gasteiger partial charge in [-0.3, -0.25) is 0 Å². The standard InChI is InChI=1S/C14H15NO2S/c15-7-11-8-18-9-12(11)10-2-3-13-14(6-10)17-5-1-4-16-13/h2-3,6,8-9H,1,4-5,7,15H2. The molecule has 1 aromatic heterocycles. The highest BCUT2D eigenvalue weighted by atomic mass is 32.1. The first kappa shape index (κ1) is 11.6. The number of hydrogen-bond donors (Lipinski definition) is 1. The van der Waals surface area contributed by atoms with Gasteiger partial charge in [0.15, 0.2) is 11.5 Å². The zero-order valence-electron chi connectivity index (χ0n) is 10.0. The van der Waals surface area contributed by atoms with Crippen molar-refractivity contribution in [2.24, 2.45) is 5.73 Å². The van der Waals surface area contributed by atoms with Crippen molar-refractivity contribution in [2.75, 3.05) is 13.2 Å². The molecule has 0 saturated heterocycles. The molecule has 0 saturated carbocycles. The molecule has 1 aromatic carbocycles. The first-order valence-corrected chi connectivity index (χ1v) is 6.98. The lowest BCUT2D eigenvalue weighted by Crippen LogP contribution is -1.97. The third kappa shape index (κ3) is 2.09. The number of thiophene rings is 1. The van der Waals surface area contributed by atoms with Crippen LogP contribution < -0.4 is 15.2 Å². The second-order valence-corrected chi connectivity index (χ2v) is 4.97. The number of fused-ring (bicyclic) bond motifs is 1. The van der Waals surface area contributed by atoms with E-state index < -0.39 is 0 Å². The third-order valence-electron chi connectivity index (χ3n) is 3.02. The lowest BCUT2D eigenvalue weighted by atomic mass is 10.0. The quantitative estimate of drug-likeness (QED) is 0.903. The summed E-state index contributed by atoms with van der Waals surface area (Å²) in [6.07, 6.45) is 0.927. The second-order valence-electron chi connectivity index (χ2n) is 4.23. The number of ether oxygens (including phenoxy) is 2. The van der Waals surface area contributed by atoms with E-state index in [2.05, 4.69) is 16.8 Å². The molecule has 4 heteroatoms. The van der Waals surface area contributed by atoms with Crippen LogP contribution in [0.2, 0.25) is 0 Å². The van der Waals surface area contributed by atoms with Crippen LogP contribution in [0.4, 0.5) is 0 Å². The molecule has 18 heavy (non-hydrogen) atoms. The number of rotatable bonds is 2. The van der Waals surface area contributed by atoms with E-state index in [0.717, 1.165) is 30.1 Å². The van der Waals surface area contributed by atoms with Crippen molar-refractivity contribution < 1.29 is 9.47 Å². The summed E-state index contributed by atoms with van der Waals surface area (Å²) >= 11 is 1.68. The Hall–Kier alpha value is -1.52. The van der Waals surface area contributed by atoms with Gasteiger partial charge in [0.25, 0.3) is 0 Å². The van der Waals surface area contributed by atoms with E-state index in [1.807, 2.05) is 12.1 Å². The van der Waals surface area contributed by atoms with Crippen molar-refractivity contribution in [3.63, 3.8) is 0 Å². The molecule has 0 unspecified atom stereocenters. The minimum Gasteiger partial charge on any atom is -0.490 e. The largest absolute Gasteiger partial charge is 0.490 e. The molecule has 0 aliphatic carbocycles. The van der Waals surface area contributed by atoms with E-state index in [1.165, 1.54) is 11.1 Å². The van der Waals surface area contributed by atoms with Gasteiger partial charge in [0, 0.05) is 13.0 Å². The van der Waals surface area contributed by atoms with E-state index in [9.17, 15) is 0 Å². The molecule has 0 amide bonds. The first-order chi connectivity index (χ1) is 8.88. The predicted molar refractivity (Wildman–Crippen MR) is 73.3 cm³/mol. The summed E-state index contributed by atoms with van der Waals surface area (Å²) in [6, 6.07) is 6.09. The summed E-state index contributed by atoms with van der Waals surface area (Å²) in [6.45, 7) is 2.00. The van der Waals surface area contributed by atoms with Crippen LogP contribution in [0.15, 0.2) is 29.0 Å². The Bertz CT molecular complexity index is 550. The maximum Gasteiger partial charge on any atom is 0.161 e. The van der Waals surface area contributed by atoms with Gasteiger partial charge in [0.1, 0.15) is 0 Å². The minimum absolute atomic E-state index is 0.563. The average Bonchev–Trinajstić information content (AvgIpc) is 2.76. The van der Waals surface area contributed by atoms with Gasteiger partial charge in [-0.25, -0.2) is 0 Å². The minimum atomic E-state index is 0.563. The molecule has 0 bridgehead atoms. The van der Waals surface area contributed by atoms with Gasteiger partial charge in [0.2, 0.25) is 0 Å². The maximum absolute atomic E-state index is 5.75. The first-order valence-electron chi connectivity index (χ1n) is 6.03. The summed E-state index contributed by atoms with van der Waals surface area (Å²) in [4.78, 5) is 0. The van der Waals surface area contributed by atoms with Gasteiger partial charge in [-0.2, -0.15) is 11.3 Å². The van der Waals surface area contributed by atoms with Gasteiger partial charge in [-0.15, -0.1) is 0 Å². The van der Waals surface area contributed by atoms with Crippen LogP contribution in [0.3, 0.4) is 0 Å². The molecule has 0 radical (unpaired) electrons. The van der Waals surface area contributed by atoms with E-state index >= 15 is 0 Å². The van der Waals surface area contributed by atoms with Crippen molar-refractivity contribution in [2.45, 2.75) is 13.0 Å². The third-order valence-corrected chi connectivity index (χ3v) is 3.81. The normalized spacial score (nSPS) is 14.3. The smallest absolute Gasteiger partial charge is 0.161 e. The van der Waals surface area contributed by atoms with Crippen LogP contribution in [-0.4, -0.2) is 13.2 Å². The highest BCUT2D eigenvalue weighted by molar-refractivity contribution is 7.08. The van der Waals surface area contributed by atoms with Crippen LogP contribution in [0.25, 0.3) is 11.1 Å². The van der Waals surface area contributed by atoms with Crippen LogP contribution in [0.1, 0.15) is 12.0 Å². The molecule has 0 fully saturated rings. The molecule has 2 N–H and O–H groups in total. The lowest BCUT2D eigenvalue weighted by molar-refractivity contribution is 0.297. The Morgan fingerprint density at radius 2 is 1.94 bits per heavy atom. The molecule has 1 aliphatic rings. The highest BCUT2D eigenvalue weighted by Crippen LogP contribution is 2.36. The molecule has 94 valence electrons. The van der Waals surface area contributed by atoms with Crippen LogP contribution in [0.5, 0.6) is 11.5 Å². The van der Waals surface area contributed by atoms with Crippen molar-refractivity contribution in [1.82, 2.24) is 0 Å². The fourth-order valence-corrected chi connectivity index (χ4v) is 2.94. The second kappa shape index (κ2) is 5.00. The molecular weight excluding hydrogens is 246 g/mol. The fraction of sp³-hybridized carbons (Fsp3) is 0.286. The summed E-state index contributed by atoms with van der Waals surface area (Å²) in [5, 5.41) is 4.22. The Morgan fingerprint density at radius 1 is 1.11 bits per heavy atom. The molecule has 0 spiro atoms. The van der Waals surface area contributed by atoms with Crippen molar-refractivity contribution >= 4 is 11.3 Å². The molecule has 2 heterocycles. The van der Waals surface area contributed by atoms with Gasteiger partial charge in [0.05, 0.1) is 13.2 Å². The lowest BCUT2D eigenvalue weighted by Gasteiger charge is -2.09. The number of benzene rings is 1. The SMILES string of the molecule is NCc1cscc1-c1ccc2c(c1)OCCCO2. The Balaban J connectivity index is 2.01. The Morgan fingerprint density at radius 3 is 2.78 bits per heavy atom. The Kier molecular flexibility index (Phi) is 3.21. The topological polar surface area (TPSA) is 44.5 Å². The van der Waals surface area contributed by atoms with E-state index in [-0.39, 0.29) is 0 Å². The highest BCUT2D eigenvalue weighted by Gasteiger charge is 2.13. The summed E-state index contributed by atoms with van der Waals surface area (Å²) < 4.78 is 11.3. The molecule has 1 aliphatic heterocycles. The summed E-state index contributed by atoms with van der Waals surface area (Å²) in [5.41, 5.74) is 9.25. The predicted octanol–water partition coefficient (Wildman–Crippen LogP) is 3.04. The molecule has 2 aromatic rings. The van der Waals surface area contributed by atoms with E-state index in [1.54, 1.807) is 11.3 Å². The zero-order valence-corrected chi connectivity index (χ0v) is 10.8. The van der Waals surface area contributed by atoms with E-state index in [0.29, 0.717) is 13.2 Å². The summed E-state index contributed by atoms with van der Waals surface area (Å²) in [5.74, 6) is 1.67. The Labute approximate surface area is 110 Å². The van der Waals surface area contributed by atoms with Crippen molar-refractivity contribution in [1.29, 1.82) is 0 Å². The fourth-order valence-electron chi connectivity index (χ4n) is 2.07. The van der Waals surface area contributed by atoms with E-state index in [4.69, 9.17) is 15.2 Å². The maximum atomic E-state index is 5.75. The molecule has 0 atom stereocenters. The van der Waals surface area contributed by atoms with Crippen LogP contribution in [-0.2, 0) is 6.54 Å². The van der Waals surface area contributed by atoms with Gasteiger partial charge >= 0.3 is 0 Å². The van der Waals surface area contributed by atoms with Crippen LogP contribution in [0, 0.1) is 0 Å². The van der Waals surface area contributed by atoms with Crippen LogP contribution >= 0.6 is 11.3 Å². The number of hydrogen-bond acceptors (Lipinski definition) is 4. The molecular formula is C14H15NO2S. The van der Waals surface area contributed by atoms with Crippen molar-refractivity contribution in [3.05, 3.63) is 34.5 Å². The van der Waals surface area contributed by atoms with Crippen molar-refractivity contribution in [3.8, 4) is 22.6 Å². The molecule has 3 rings (SSSR count). The zero-order chi connectivity index (χ0) is 12.4. The van der Waals surface area contributed by atoms with Gasteiger partial charge < -0.3 is 15.2 Å².